The fourth-order valence-corrected chi connectivity index (χ4v) is 0.161. The van der Waals surface area contributed by atoms with E-state index in [0.29, 0.717) is 0 Å². The van der Waals surface area contributed by atoms with E-state index < -0.39 is 27.6 Å². The number of hydrogen-bond acceptors (Lipinski definition) is 5. The van der Waals surface area contributed by atoms with Crippen LogP contribution in [0.15, 0.2) is 0 Å². The fourth-order valence-electron chi connectivity index (χ4n) is 0.161. The lowest BCUT2D eigenvalue weighted by atomic mass is 9.92. The fraction of sp³-hybridized carbons (Fsp3) is 0.947. The van der Waals surface area contributed by atoms with Crippen molar-refractivity contribution in [2.75, 3.05) is 39.2 Å². The molecule has 0 bridgehead atoms. The first-order valence-electron chi connectivity index (χ1n) is 6.62. The average Bonchev–Trinajstić information content (AvgIpc) is 2.24. The van der Waals surface area contributed by atoms with E-state index in [-0.39, 0.29) is 56.8 Å². The minimum absolute atomic E-state index is 0. The summed E-state index contributed by atoms with van der Waals surface area (Å²) in [5.41, 5.74) is -3.62. The van der Waals surface area contributed by atoms with Crippen molar-refractivity contribution in [3.05, 3.63) is 0 Å². The first kappa shape index (κ1) is 63.2. The third kappa shape index (κ3) is 72.8. The van der Waals surface area contributed by atoms with Crippen LogP contribution in [0.2, 0.25) is 0 Å². The molecule has 0 aromatic rings. The molecule has 0 heterocycles. The molecule has 31 heavy (non-hydrogen) atoms. The highest BCUT2D eigenvalue weighted by atomic mass is 32.2. The van der Waals surface area contributed by atoms with Gasteiger partial charge in [0, 0.05) is 26.7 Å². The van der Waals surface area contributed by atoms with Crippen molar-refractivity contribution in [1.82, 2.24) is 0 Å². The first-order chi connectivity index (χ1) is 11.1. The molecule has 0 saturated carbocycles. The number of methoxy groups -OCH3 is 1. The molecule has 0 radical (unpaired) electrons. The number of alkyl halides is 6. The predicted octanol–water partition coefficient (Wildman–Crippen LogP) is 7.82. The van der Waals surface area contributed by atoms with Crippen LogP contribution in [0.25, 0.3) is 0 Å². The van der Waals surface area contributed by atoms with Crippen LogP contribution < -0.4 is 0 Å². The Morgan fingerprint density at radius 1 is 0.742 bits per heavy atom. The number of ketones is 1. The molecule has 0 unspecified atom stereocenters. The maximum atomic E-state index is 11.6. The maximum Gasteiger partial charge on any atom is 0.402 e. The number of hydrogen-bond donors (Lipinski definition) is 0. The summed E-state index contributed by atoms with van der Waals surface area (Å²) in [4.78, 5) is 9.44. The van der Waals surface area contributed by atoms with Crippen molar-refractivity contribution in [3.8, 4) is 0 Å². The van der Waals surface area contributed by atoms with E-state index >= 15 is 0 Å². The van der Waals surface area contributed by atoms with Gasteiger partial charge in [-0.2, -0.15) is 38.1 Å². The number of halogens is 6. The predicted molar refractivity (Wildman–Crippen MR) is 129 cm³/mol. The van der Waals surface area contributed by atoms with Crippen LogP contribution in [0.4, 0.5) is 26.3 Å². The number of carbonyl (C=O) groups is 1. The van der Waals surface area contributed by atoms with Crippen LogP contribution in [0, 0.1) is 5.41 Å². The molecule has 204 valence electrons. The van der Waals surface area contributed by atoms with E-state index in [9.17, 15) is 39.6 Å². The van der Waals surface area contributed by atoms with Gasteiger partial charge in [-0.05, 0) is 40.2 Å². The summed E-state index contributed by atoms with van der Waals surface area (Å²) in [6, 6.07) is 0. The van der Waals surface area contributed by atoms with Gasteiger partial charge in [0.05, 0.1) is 0 Å². The average molecular weight is 521 g/mol. The van der Waals surface area contributed by atoms with E-state index in [1.54, 1.807) is 26.0 Å². The highest BCUT2D eigenvalue weighted by Crippen LogP contribution is 2.49. The molecule has 0 rings (SSSR count). The molecule has 0 amide bonds. The summed E-state index contributed by atoms with van der Waals surface area (Å²) in [6.45, 7) is 3.26. The summed E-state index contributed by atoms with van der Waals surface area (Å²) < 4.78 is 93.2. The van der Waals surface area contributed by atoms with Crippen molar-refractivity contribution >= 4 is 27.4 Å². The van der Waals surface area contributed by atoms with Crippen molar-refractivity contribution in [2.45, 2.75) is 77.2 Å². The third-order valence-electron chi connectivity index (χ3n) is 1.42. The zero-order chi connectivity index (χ0) is 23.0. The summed E-state index contributed by atoms with van der Waals surface area (Å²) in [5.74, 6) is 0.167. The summed E-state index contributed by atoms with van der Waals surface area (Å²) >= 11 is 1.75. The van der Waals surface area contributed by atoms with Gasteiger partial charge in [0.1, 0.15) is 15.6 Å². The van der Waals surface area contributed by atoms with Crippen LogP contribution in [0.5, 0.6) is 0 Å². The monoisotopic (exact) mass is 520 g/mol. The van der Waals surface area contributed by atoms with Gasteiger partial charge < -0.3 is 9.53 Å². The lowest BCUT2D eigenvalue weighted by Gasteiger charge is -2.29. The molecule has 0 aromatic heterocycles. The van der Waals surface area contributed by atoms with Gasteiger partial charge in [0.15, 0.2) is 5.41 Å². The molecule has 0 fully saturated rings. The number of carbonyl (C=O) groups excluding carboxylic acids is 1. The van der Waals surface area contributed by atoms with Gasteiger partial charge in [0.2, 0.25) is 0 Å². The molecule has 0 saturated heterocycles. The second kappa shape index (κ2) is 29.5. The van der Waals surface area contributed by atoms with Crippen LogP contribution in [0.3, 0.4) is 0 Å². The largest absolute Gasteiger partial charge is 0.402 e. The maximum absolute atomic E-state index is 11.6. The topological polar surface area (TPSA) is 60.4 Å². The van der Waals surface area contributed by atoms with Gasteiger partial charge in [0.25, 0.3) is 0 Å². The second-order valence-electron chi connectivity index (χ2n) is 5.49. The summed E-state index contributed by atoms with van der Waals surface area (Å²) in [5, 5.41) is 0. The molecule has 0 N–H and O–H groups in total. The quantitative estimate of drug-likeness (QED) is 0.305. The molecule has 0 spiro atoms. The molecule has 0 atom stereocenters. The minimum Gasteiger partial charge on any atom is -0.388 e. The van der Waals surface area contributed by atoms with Crippen LogP contribution >= 0.6 is 11.8 Å². The van der Waals surface area contributed by atoms with E-state index in [2.05, 4.69) is 4.74 Å². The Balaban J connectivity index is -0.0000000238. The third-order valence-corrected chi connectivity index (χ3v) is 1.42. The van der Waals surface area contributed by atoms with Crippen LogP contribution in [-0.4, -0.2) is 65.8 Å². The van der Waals surface area contributed by atoms with Gasteiger partial charge in [-0.1, -0.05) is 37.1 Å². The normalized spacial score (nSPS) is 9.29. The molecule has 0 aliphatic carbocycles. The van der Waals surface area contributed by atoms with E-state index in [1.165, 1.54) is 13.8 Å². The SMILES string of the molecule is C.C.C.C.C.CC(C)(C(F)(F)F)C(F)(F)F.CC(C)=O.COC.CS(C)(=O)=O.CSC. The van der Waals surface area contributed by atoms with Gasteiger partial charge in [-0.3, -0.25) is 0 Å². The Labute approximate surface area is 193 Å². The van der Waals surface area contributed by atoms with Gasteiger partial charge in [-0.25, -0.2) is 8.42 Å². The molecule has 12 heteroatoms. The molecule has 0 aromatic carbocycles. The zero-order valence-corrected chi connectivity index (χ0v) is 18.4. The van der Waals surface area contributed by atoms with Crippen molar-refractivity contribution in [3.63, 3.8) is 0 Å². The smallest absolute Gasteiger partial charge is 0.388 e. The van der Waals surface area contributed by atoms with Gasteiger partial charge >= 0.3 is 12.4 Å². The Kier molecular flexibility index (Phi) is 60.1. The van der Waals surface area contributed by atoms with Crippen LogP contribution in [-0.2, 0) is 19.4 Å². The Bertz CT molecular complexity index is 404. The highest BCUT2D eigenvalue weighted by Gasteiger charge is 2.64. The number of Topliss-reactive ketones (excluding diaryl/α,β-unsaturated/α-hetero) is 1. The van der Waals surface area contributed by atoms with Crippen molar-refractivity contribution in [2.24, 2.45) is 5.41 Å². The summed E-state index contributed by atoms with van der Waals surface area (Å²) in [6.07, 6.45) is -4.09. The molecular formula is C19H50F6O4S2. The standard InChI is InChI=1S/C5H6F6.C3H6O.C2H6O2S.C2H6O.C2H6S.5CH4/c1-3(2,4(6,7)8)5(9,10)11;1-3(2)4;1-5(2,3)4;2*1-3-2;;;;;/h1-2H3;1-2H3;1-2H3;2*1-2H3;5*1H4. The van der Waals surface area contributed by atoms with Crippen LogP contribution in [0.1, 0.15) is 64.8 Å². The lowest BCUT2D eigenvalue weighted by molar-refractivity contribution is -0.327. The number of sulfone groups is 1. The van der Waals surface area contributed by atoms with Gasteiger partial charge in [-0.15, -0.1) is 0 Å². The number of rotatable bonds is 0. The molecule has 0 aliphatic heterocycles. The minimum atomic E-state index is -5.24. The summed E-state index contributed by atoms with van der Waals surface area (Å²) in [7, 11) is 0.583. The first-order valence-corrected chi connectivity index (χ1v) is 10.6. The Morgan fingerprint density at radius 2 is 0.806 bits per heavy atom. The van der Waals surface area contributed by atoms with E-state index in [1.807, 2.05) is 12.5 Å². The molecule has 4 nitrogen and oxygen atoms in total. The molecular weight excluding hydrogens is 470 g/mol. The zero-order valence-electron chi connectivity index (χ0n) is 16.7. The van der Waals surface area contributed by atoms with Crippen molar-refractivity contribution in [1.29, 1.82) is 0 Å². The lowest BCUT2D eigenvalue weighted by Crippen LogP contribution is -2.44. The number of thioether (sulfide) groups is 1. The Hall–Kier alpha value is -0.490. The van der Waals surface area contributed by atoms with E-state index in [0.717, 1.165) is 12.5 Å². The van der Waals surface area contributed by atoms with E-state index in [4.69, 9.17) is 0 Å². The Morgan fingerprint density at radius 3 is 0.806 bits per heavy atom. The molecule has 0 aliphatic rings. The highest BCUT2D eigenvalue weighted by molar-refractivity contribution is 7.97. The number of ether oxygens (including phenoxy) is 1. The van der Waals surface area contributed by atoms with Crippen molar-refractivity contribution < 1.29 is 44.3 Å². The second-order valence-corrected chi connectivity index (χ2v) is 8.59.